The number of hydrogen-bond acceptors (Lipinski definition) is 3. The molecule has 3 aromatic rings. The van der Waals surface area contributed by atoms with Gasteiger partial charge in [-0.1, -0.05) is 39.0 Å². The molecule has 0 saturated heterocycles. The van der Waals surface area contributed by atoms with Gasteiger partial charge in [0.25, 0.3) is 0 Å². The van der Waals surface area contributed by atoms with Crippen LogP contribution in [0.4, 0.5) is 0 Å². The molecule has 0 atom stereocenters. The molecule has 0 saturated carbocycles. The molecule has 0 aliphatic heterocycles. The zero-order chi connectivity index (χ0) is 21.2. The molecule has 154 valence electrons. The van der Waals surface area contributed by atoms with Crippen LogP contribution in [-0.4, -0.2) is 8.32 Å². The van der Waals surface area contributed by atoms with Gasteiger partial charge < -0.3 is 9.16 Å². The lowest BCUT2D eigenvalue weighted by Crippen LogP contribution is -2.43. The third-order valence-electron chi connectivity index (χ3n) is 5.78. The first-order valence-corrected chi connectivity index (χ1v) is 13.9. The Kier molecular flexibility index (Phi) is 6.25. The van der Waals surface area contributed by atoms with Crippen molar-refractivity contribution in [3.05, 3.63) is 70.6 Å². The van der Waals surface area contributed by atoms with Crippen molar-refractivity contribution in [2.45, 2.75) is 59.4 Å². The van der Waals surface area contributed by atoms with Crippen LogP contribution in [0.25, 0.3) is 11.1 Å². The molecule has 0 unspecified atom stereocenters. The molecule has 0 aliphatic rings. The van der Waals surface area contributed by atoms with Crippen LogP contribution < -0.4 is 9.16 Å². The van der Waals surface area contributed by atoms with Crippen LogP contribution >= 0.6 is 11.3 Å². The highest BCUT2D eigenvalue weighted by atomic mass is 32.1. The predicted octanol–water partition coefficient (Wildman–Crippen LogP) is 7.99. The fraction of sp³-hybridized carbons (Fsp3) is 0.360. The summed E-state index contributed by atoms with van der Waals surface area (Å²) in [5.41, 5.74) is 6.18. The van der Waals surface area contributed by atoms with Gasteiger partial charge in [-0.3, -0.25) is 0 Å². The van der Waals surface area contributed by atoms with E-state index in [1.165, 1.54) is 27.8 Å². The standard InChI is InChI=1S/C25H32O2SSi/c1-18-14-22(27-29(6,7)25(3,4)5)15-19(2)24(18)21-11-8-10-20(16-21)17-26-23-12-9-13-28-23/h8-16H,17H2,1-7H3. The first kappa shape index (κ1) is 21.7. The molecule has 0 fully saturated rings. The normalized spacial score (nSPS) is 12.1. The largest absolute Gasteiger partial charge is 0.543 e. The summed E-state index contributed by atoms with van der Waals surface area (Å²) in [5.74, 6) is 0.993. The summed E-state index contributed by atoms with van der Waals surface area (Å²) in [5, 5.41) is 3.17. The van der Waals surface area contributed by atoms with Gasteiger partial charge in [0.15, 0.2) is 5.06 Å². The Hall–Kier alpha value is -2.04. The first-order chi connectivity index (χ1) is 13.6. The molecule has 0 N–H and O–H groups in total. The predicted molar refractivity (Wildman–Crippen MR) is 128 cm³/mol. The summed E-state index contributed by atoms with van der Waals surface area (Å²) in [6.07, 6.45) is 0. The average Bonchev–Trinajstić information content (AvgIpc) is 3.12. The van der Waals surface area contributed by atoms with Gasteiger partial charge >= 0.3 is 0 Å². The molecule has 0 bridgehead atoms. The second kappa shape index (κ2) is 8.37. The van der Waals surface area contributed by atoms with E-state index in [2.05, 4.69) is 84.1 Å². The Morgan fingerprint density at radius 3 is 2.21 bits per heavy atom. The van der Waals surface area contributed by atoms with Gasteiger partial charge in [0, 0.05) is 0 Å². The van der Waals surface area contributed by atoms with Crippen LogP contribution in [0.3, 0.4) is 0 Å². The van der Waals surface area contributed by atoms with E-state index in [1.807, 2.05) is 17.5 Å². The van der Waals surface area contributed by atoms with Gasteiger partial charge in [0.1, 0.15) is 12.4 Å². The number of aryl methyl sites for hydroxylation is 2. The molecular weight excluding hydrogens is 392 g/mol. The number of benzene rings is 2. The van der Waals surface area contributed by atoms with E-state index < -0.39 is 8.32 Å². The molecule has 29 heavy (non-hydrogen) atoms. The highest BCUT2D eigenvalue weighted by Gasteiger charge is 2.39. The zero-order valence-electron chi connectivity index (χ0n) is 18.6. The van der Waals surface area contributed by atoms with E-state index in [1.54, 1.807) is 11.3 Å². The number of hydrogen-bond donors (Lipinski definition) is 0. The molecule has 2 nitrogen and oxygen atoms in total. The van der Waals surface area contributed by atoms with E-state index >= 15 is 0 Å². The van der Waals surface area contributed by atoms with Crippen LogP contribution in [0.2, 0.25) is 18.1 Å². The van der Waals surface area contributed by atoms with Crippen LogP contribution in [0.1, 0.15) is 37.5 Å². The Morgan fingerprint density at radius 1 is 0.931 bits per heavy atom. The summed E-state index contributed by atoms with van der Waals surface area (Å²) >= 11 is 1.62. The summed E-state index contributed by atoms with van der Waals surface area (Å²) in [6.45, 7) is 16.3. The van der Waals surface area contributed by atoms with Gasteiger partial charge in [-0.15, -0.1) is 11.3 Å². The van der Waals surface area contributed by atoms with Crippen molar-refractivity contribution in [1.82, 2.24) is 0 Å². The van der Waals surface area contributed by atoms with Crippen molar-refractivity contribution in [1.29, 1.82) is 0 Å². The lowest BCUT2D eigenvalue weighted by Gasteiger charge is -2.36. The summed E-state index contributed by atoms with van der Waals surface area (Å²) in [6, 6.07) is 17.0. The summed E-state index contributed by atoms with van der Waals surface area (Å²) in [4.78, 5) is 0. The molecule has 0 spiro atoms. The van der Waals surface area contributed by atoms with Gasteiger partial charge in [-0.25, -0.2) is 0 Å². The van der Waals surface area contributed by atoms with E-state index in [9.17, 15) is 0 Å². The monoisotopic (exact) mass is 424 g/mol. The van der Waals surface area contributed by atoms with E-state index in [-0.39, 0.29) is 5.04 Å². The van der Waals surface area contributed by atoms with Crippen molar-refractivity contribution in [3.8, 4) is 21.9 Å². The van der Waals surface area contributed by atoms with Crippen molar-refractivity contribution < 1.29 is 9.16 Å². The fourth-order valence-electron chi connectivity index (χ4n) is 3.20. The molecule has 4 heteroatoms. The van der Waals surface area contributed by atoms with Crippen LogP contribution in [0.5, 0.6) is 10.8 Å². The maximum Gasteiger partial charge on any atom is 0.250 e. The second-order valence-corrected chi connectivity index (χ2v) is 14.9. The van der Waals surface area contributed by atoms with Crippen LogP contribution in [0.15, 0.2) is 53.9 Å². The van der Waals surface area contributed by atoms with Gasteiger partial charge in [-0.2, -0.15) is 0 Å². The van der Waals surface area contributed by atoms with E-state index in [4.69, 9.17) is 9.16 Å². The quantitative estimate of drug-likeness (QED) is 0.373. The molecule has 0 radical (unpaired) electrons. The van der Waals surface area contributed by atoms with Crippen molar-refractivity contribution in [3.63, 3.8) is 0 Å². The Bertz CT molecular complexity index is 946. The number of thiophene rings is 1. The molecule has 3 rings (SSSR count). The Balaban J connectivity index is 1.85. The topological polar surface area (TPSA) is 18.5 Å². The highest BCUT2D eigenvalue weighted by Crippen LogP contribution is 2.39. The molecule has 0 aliphatic carbocycles. The lowest BCUT2D eigenvalue weighted by atomic mass is 9.94. The smallest absolute Gasteiger partial charge is 0.250 e. The van der Waals surface area contributed by atoms with Crippen LogP contribution in [0, 0.1) is 13.8 Å². The maximum atomic E-state index is 6.54. The van der Waals surface area contributed by atoms with Crippen molar-refractivity contribution >= 4 is 19.7 Å². The lowest BCUT2D eigenvalue weighted by molar-refractivity contribution is 0.316. The Labute approximate surface area is 180 Å². The highest BCUT2D eigenvalue weighted by molar-refractivity contribution is 7.11. The van der Waals surface area contributed by atoms with Gasteiger partial charge in [0.05, 0.1) is 0 Å². The van der Waals surface area contributed by atoms with E-state index in [0.29, 0.717) is 6.61 Å². The molecule has 0 amide bonds. The molecule has 1 heterocycles. The third-order valence-corrected chi connectivity index (χ3v) is 10.9. The fourth-order valence-corrected chi connectivity index (χ4v) is 4.79. The maximum absolute atomic E-state index is 6.54. The second-order valence-electron chi connectivity index (χ2n) is 9.22. The third kappa shape index (κ3) is 5.12. The summed E-state index contributed by atoms with van der Waals surface area (Å²) in [7, 11) is -1.85. The minimum absolute atomic E-state index is 0.185. The van der Waals surface area contributed by atoms with Crippen molar-refractivity contribution in [2.75, 3.05) is 0 Å². The molecular formula is C25H32O2SSi. The van der Waals surface area contributed by atoms with Gasteiger partial charge in [-0.05, 0) is 95.5 Å². The first-order valence-electron chi connectivity index (χ1n) is 10.1. The van der Waals surface area contributed by atoms with Crippen molar-refractivity contribution in [2.24, 2.45) is 0 Å². The molecule has 2 aromatic carbocycles. The SMILES string of the molecule is Cc1cc(O[Si](C)(C)C(C)(C)C)cc(C)c1-c1cccc(COc2cccs2)c1. The summed E-state index contributed by atoms with van der Waals surface area (Å²) < 4.78 is 12.4. The minimum Gasteiger partial charge on any atom is -0.543 e. The van der Waals surface area contributed by atoms with E-state index in [0.717, 1.165) is 10.8 Å². The number of rotatable bonds is 6. The zero-order valence-corrected chi connectivity index (χ0v) is 20.4. The average molecular weight is 425 g/mol. The van der Waals surface area contributed by atoms with Crippen LogP contribution in [-0.2, 0) is 6.61 Å². The molecule has 1 aromatic heterocycles. The minimum atomic E-state index is -1.85. The Morgan fingerprint density at radius 2 is 1.62 bits per heavy atom. The van der Waals surface area contributed by atoms with Gasteiger partial charge in [0.2, 0.25) is 8.32 Å². The number of ether oxygens (including phenoxy) is 1.